The molecule has 0 aliphatic carbocycles. The van der Waals surface area contributed by atoms with Gasteiger partial charge in [-0.25, -0.2) is 0 Å². The van der Waals surface area contributed by atoms with Crippen molar-refractivity contribution in [2.24, 2.45) is 0 Å². The highest BCUT2D eigenvalue weighted by Gasteiger charge is 1.91. The fourth-order valence-electron chi connectivity index (χ4n) is 1.10. The summed E-state index contributed by atoms with van der Waals surface area (Å²) in [6.07, 6.45) is 0. The number of benzene rings is 1. The Labute approximate surface area is 91.9 Å². The average molecular weight is 203 g/mol. The van der Waals surface area contributed by atoms with E-state index in [1.165, 1.54) is 0 Å². The van der Waals surface area contributed by atoms with Crippen molar-refractivity contribution >= 4 is 0 Å². The lowest BCUT2D eigenvalue weighted by molar-refractivity contribution is 0.340. The summed E-state index contributed by atoms with van der Waals surface area (Å²) < 4.78 is 5.35. The predicted octanol–water partition coefficient (Wildman–Crippen LogP) is 2.00. The summed E-state index contributed by atoms with van der Waals surface area (Å²) in [5.41, 5.74) is 1.03. The molecule has 0 atom stereocenters. The highest BCUT2D eigenvalue weighted by Crippen LogP contribution is 2.10. The van der Waals surface area contributed by atoms with Crippen molar-refractivity contribution in [2.75, 3.05) is 27.2 Å². The van der Waals surface area contributed by atoms with Gasteiger partial charge in [0, 0.05) is 5.56 Å². The molecular weight excluding hydrogens is 186 g/mol. The standard InChI is InChI=1S/C13H17NO/c1-4-15-13-9-7-12(8-10-13)6-5-11-14(2)3/h7-10H,4,11H2,1-3H3. The minimum atomic E-state index is 0.700. The van der Waals surface area contributed by atoms with Crippen molar-refractivity contribution in [1.29, 1.82) is 0 Å². The normalized spacial score (nSPS) is 9.60. The van der Waals surface area contributed by atoms with E-state index in [0.29, 0.717) is 6.61 Å². The number of rotatable bonds is 3. The van der Waals surface area contributed by atoms with Crippen LogP contribution in [0.5, 0.6) is 5.75 Å². The topological polar surface area (TPSA) is 12.5 Å². The molecule has 0 spiro atoms. The lowest BCUT2D eigenvalue weighted by Crippen LogP contribution is -2.10. The molecule has 1 aromatic rings. The average Bonchev–Trinajstić information content (AvgIpc) is 2.20. The summed E-state index contributed by atoms with van der Waals surface area (Å²) in [6, 6.07) is 7.85. The Hall–Kier alpha value is -1.46. The van der Waals surface area contributed by atoms with E-state index in [1.807, 2.05) is 50.2 Å². The first-order valence-corrected chi connectivity index (χ1v) is 5.09. The van der Waals surface area contributed by atoms with Crippen LogP contribution in [0.3, 0.4) is 0 Å². The van der Waals surface area contributed by atoms with Gasteiger partial charge in [0.05, 0.1) is 13.2 Å². The Balaban J connectivity index is 2.58. The lowest BCUT2D eigenvalue weighted by atomic mass is 10.2. The molecular formula is C13H17NO. The van der Waals surface area contributed by atoms with Crippen molar-refractivity contribution in [1.82, 2.24) is 4.90 Å². The summed E-state index contributed by atoms with van der Waals surface area (Å²) in [7, 11) is 4.01. The van der Waals surface area contributed by atoms with Crippen LogP contribution in [0.15, 0.2) is 24.3 Å². The van der Waals surface area contributed by atoms with Crippen LogP contribution in [-0.2, 0) is 0 Å². The van der Waals surface area contributed by atoms with Gasteiger partial charge in [0.25, 0.3) is 0 Å². The minimum absolute atomic E-state index is 0.700. The summed E-state index contributed by atoms with van der Waals surface area (Å²) >= 11 is 0. The Morgan fingerprint density at radius 1 is 1.20 bits per heavy atom. The van der Waals surface area contributed by atoms with Gasteiger partial charge < -0.3 is 4.74 Å². The first-order chi connectivity index (χ1) is 7.22. The molecule has 15 heavy (non-hydrogen) atoms. The molecule has 0 saturated carbocycles. The molecule has 0 unspecified atom stereocenters. The van der Waals surface area contributed by atoms with Crippen molar-refractivity contribution in [3.8, 4) is 17.6 Å². The molecule has 0 bridgehead atoms. The van der Waals surface area contributed by atoms with Gasteiger partial charge in [-0.05, 0) is 45.3 Å². The summed E-state index contributed by atoms with van der Waals surface area (Å²) in [6.45, 7) is 3.46. The van der Waals surface area contributed by atoms with E-state index in [1.54, 1.807) is 0 Å². The van der Waals surface area contributed by atoms with Crippen molar-refractivity contribution in [3.05, 3.63) is 29.8 Å². The third kappa shape index (κ3) is 4.53. The minimum Gasteiger partial charge on any atom is -0.494 e. The van der Waals surface area contributed by atoms with Gasteiger partial charge in [0.2, 0.25) is 0 Å². The van der Waals surface area contributed by atoms with Crippen LogP contribution in [-0.4, -0.2) is 32.1 Å². The molecule has 0 heterocycles. The first-order valence-electron chi connectivity index (χ1n) is 5.09. The second-order valence-corrected chi connectivity index (χ2v) is 3.50. The Morgan fingerprint density at radius 2 is 1.87 bits per heavy atom. The highest BCUT2D eigenvalue weighted by molar-refractivity contribution is 5.38. The van der Waals surface area contributed by atoms with Crippen LogP contribution in [0.2, 0.25) is 0 Å². The molecule has 0 radical (unpaired) electrons. The van der Waals surface area contributed by atoms with Crippen LogP contribution in [0.1, 0.15) is 12.5 Å². The molecule has 0 aliphatic heterocycles. The van der Waals surface area contributed by atoms with E-state index in [0.717, 1.165) is 17.9 Å². The molecule has 1 aromatic carbocycles. The molecule has 80 valence electrons. The molecule has 2 nitrogen and oxygen atoms in total. The SMILES string of the molecule is CCOc1ccc(C#CCN(C)C)cc1. The molecule has 1 rings (SSSR count). The van der Waals surface area contributed by atoms with Gasteiger partial charge in [-0.15, -0.1) is 0 Å². The molecule has 0 saturated heterocycles. The van der Waals surface area contributed by atoms with Gasteiger partial charge in [-0.3, -0.25) is 4.90 Å². The van der Waals surface area contributed by atoms with Gasteiger partial charge in [0.15, 0.2) is 0 Å². The zero-order chi connectivity index (χ0) is 11.1. The zero-order valence-electron chi connectivity index (χ0n) is 9.58. The molecule has 2 heteroatoms. The molecule has 0 aliphatic rings. The first kappa shape index (κ1) is 11.6. The fraction of sp³-hybridized carbons (Fsp3) is 0.385. The molecule has 0 aromatic heterocycles. The van der Waals surface area contributed by atoms with Crippen molar-refractivity contribution in [2.45, 2.75) is 6.92 Å². The van der Waals surface area contributed by atoms with E-state index in [2.05, 4.69) is 11.8 Å². The van der Waals surface area contributed by atoms with E-state index in [-0.39, 0.29) is 0 Å². The van der Waals surface area contributed by atoms with Crippen LogP contribution >= 0.6 is 0 Å². The van der Waals surface area contributed by atoms with E-state index in [4.69, 9.17) is 4.74 Å². The zero-order valence-corrected chi connectivity index (χ0v) is 9.58. The van der Waals surface area contributed by atoms with E-state index in [9.17, 15) is 0 Å². The Bertz CT molecular complexity index is 343. The maximum atomic E-state index is 5.35. The summed E-state index contributed by atoms with van der Waals surface area (Å²) in [5, 5.41) is 0. The number of nitrogens with zero attached hydrogens (tertiary/aromatic N) is 1. The maximum Gasteiger partial charge on any atom is 0.119 e. The van der Waals surface area contributed by atoms with Crippen LogP contribution in [0.25, 0.3) is 0 Å². The largest absolute Gasteiger partial charge is 0.494 e. The fourth-order valence-corrected chi connectivity index (χ4v) is 1.10. The van der Waals surface area contributed by atoms with E-state index < -0.39 is 0 Å². The third-order valence-corrected chi connectivity index (χ3v) is 1.79. The molecule has 0 fully saturated rings. The molecule has 0 amide bonds. The highest BCUT2D eigenvalue weighted by atomic mass is 16.5. The van der Waals surface area contributed by atoms with Crippen LogP contribution < -0.4 is 4.74 Å². The van der Waals surface area contributed by atoms with Gasteiger partial charge in [-0.1, -0.05) is 11.8 Å². The van der Waals surface area contributed by atoms with E-state index >= 15 is 0 Å². The van der Waals surface area contributed by atoms with Gasteiger partial charge in [0.1, 0.15) is 5.75 Å². The predicted molar refractivity (Wildman–Crippen MR) is 63.0 cm³/mol. The van der Waals surface area contributed by atoms with Crippen molar-refractivity contribution < 1.29 is 4.74 Å². The van der Waals surface area contributed by atoms with Crippen LogP contribution in [0, 0.1) is 11.8 Å². The molecule has 0 N–H and O–H groups in total. The van der Waals surface area contributed by atoms with Crippen molar-refractivity contribution in [3.63, 3.8) is 0 Å². The summed E-state index contributed by atoms with van der Waals surface area (Å²) in [4.78, 5) is 2.04. The quantitative estimate of drug-likeness (QED) is 0.697. The third-order valence-electron chi connectivity index (χ3n) is 1.79. The monoisotopic (exact) mass is 203 g/mol. The summed E-state index contributed by atoms with van der Waals surface area (Å²) in [5.74, 6) is 7.08. The van der Waals surface area contributed by atoms with Gasteiger partial charge in [-0.2, -0.15) is 0 Å². The number of ether oxygens (including phenoxy) is 1. The smallest absolute Gasteiger partial charge is 0.119 e. The number of hydrogen-bond acceptors (Lipinski definition) is 2. The maximum absolute atomic E-state index is 5.35. The Kier molecular flexibility index (Phi) is 4.73. The Morgan fingerprint density at radius 3 is 2.40 bits per heavy atom. The second kappa shape index (κ2) is 6.10. The number of hydrogen-bond donors (Lipinski definition) is 0. The lowest BCUT2D eigenvalue weighted by Gasteiger charge is -2.02. The van der Waals surface area contributed by atoms with Crippen LogP contribution in [0.4, 0.5) is 0 Å². The van der Waals surface area contributed by atoms with Gasteiger partial charge >= 0.3 is 0 Å². The second-order valence-electron chi connectivity index (χ2n) is 3.50.